The smallest absolute Gasteiger partial charge is 0.255 e. The molecule has 3 amide bonds. The van der Waals surface area contributed by atoms with E-state index in [4.69, 9.17) is 4.74 Å². The molecule has 0 bridgehead atoms. The zero-order valence-corrected chi connectivity index (χ0v) is 19.0. The normalized spacial score (nSPS) is 18.0. The van der Waals surface area contributed by atoms with Crippen molar-refractivity contribution in [3.8, 4) is 5.75 Å². The van der Waals surface area contributed by atoms with Crippen molar-refractivity contribution in [1.82, 2.24) is 15.2 Å². The van der Waals surface area contributed by atoms with E-state index in [9.17, 15) is 14.4 Å². The summed E-state index contributed by atoms with van der Waals surface area (Å²) in [4.78, 5) is 42.6. The molecule has 8 heteroatoms. The van der Waals surface area contributed by atoms with Crippen LogP contribution in [0.5, 0.6) is 5.75 Å². The van der Waals surface area contributed by atoms with Gasteiger partial charge >= 0.3 is 0 Å². The lowest BCUT2D eigenvalue weighted by Crippen LogP contribution is -2.52. The number of imide groups is 1. The molecule has 2 aliphatic rings. The number of amides is 3. The lowest BCUT2D eigenvalue weighted by atomic mass is 9.98. The Kier molecular flexibility index (Phi) is 6.09. The van der Waals surface area contributed by atoms with E-state index in [0.717, 1.165) is 52.8 Å². The molecule has 33 heavy (non-hydrogen) atoms. The van der Waals surface area contributed by atoms with Crippen LogP contribution < -0.4 is 10.1 Å². The van der Waals surface area contributed by atoms with E-state index < -0.39 is 6.04 Å². The van der Waals surface area contributed by atoms with Crippen molar-refractivity contribution >= 4 is 39.3 Å². The second-order valence-corrected chi connectivity index (χ2v) is 9.36. The van der Waals surface area contributed by atoms with E-state index in [1.165, 1.54) is 0 Å². The van der Waals surface area contributed by atoms with Crippen molar-refractivity contribution in [3.63, 3.8) is 0 Å². The zero-order chi connectivity index (χ0) is 22.8. The minimum Gasteiger partial charge on any atom is -0.492 e. The van der Waals surface area contributed by atoms with E-state index >= 15 is 0 Å². The Morgan fingerprint density at radius 3 is 2.91 bits per heavy atom. The number of carbonyl (C=O) groups excluding carboxylic acids is 3. The van der Waals surface area contributed by atoms with Crippen LogP contribution in [0.15, 0.2) is 41.9 Å². The summed E-state index contributed by atoms with van der Waals surface area (Å²) >= 11 is 1.64. The molecule has 170 valence electrons. The maximum Gasteiger partial charge on any atom is 0.255 e. The standard InChI is InChI=1S/C25H25N3O4S/c29-22-9-8-20(24(30)27-22)28-15-18-16(6-4-7-17(18)25(28)31)5-2-1-3-13-32-21-10-12-26-19-11-14-33-23(19)21/h4,6-7,10-12,14,20H,1-3,5,8-9,13,15H2,(H,27,29,30). The first-order valence-electron chi connectivity index (χ1n) is 11.3. The van der Waals surface area contributed by atoms with Crippen LogP contribution >= 0.6 is 11.3 Å². The van der Waals surface area contributed by atoms with E-state index in [-0.39, 0.29) is 24.1 Å². The fraction of sp³-hybridized carbons (Fsp3) is 0.360. The summed E-state index contributed by atoms with van der Waals surface area (Å²) in [7, 11) is 0. The van der Waals surface area contributed by atoms with Crippen molar-refractivity contribution in [2.24, 2.45) is 0 Å². The zero-order valence-electron chi connectivity index (χ0n) is 18.2. The average molecular weight is 464 g/mol. The molecule has 0 radical (unpaired) electrons. The molecular weight excluding hydrogens is 438 g/mol. The number of piperidine rings is 1. The number of pyridine rings is 1. The number of nitrogens with one attached hydrogen (secondary N) is 1. The fourth-order valence-corrected chi connectivity index (χ4v) is 5.44. The number of unbranched alkanes of at least 4 members (excludes halogenated alkanes) is 2. The predicted molar refractivity (Wildman–Crippen MR) is 125 cm³/mol. The summed E-state index contributed by atoms with van der Waals surface area (Å²) in [6.07, 6.45) is 6.28. The first kappa shape index (κ1) is 21.6. The molecule has 2 aromatic heterocycles. The van der Waals surface area contributed by atoms with Crippen LogP contribution in [0.2, 0.25) is 0 Å². The Morgan fingerprint density at radius 1 is 1.12 bits per heavy atom. The first-order chi connectivity index (χ1) is 16.1. The third-order valence-corrected chi connectivity index (χ3v) is 7.25. The number of hydrogen-bond acceptors (Lipinski definition) is 6. The monoisotopic (exact) mass is 463 g/mol. The lowest BCUT2D eigenvalue weighted by molar-refractivity contribution is -0.136. The number of thiophene rings is 1. The van der Waals surface area contributed by atoms with E-state index in [1.807, 2.05) is 29.6 Å². The van der Waals surface area contributed by atoms with Crippen molar-refractivity contribution < 1.29 is 19.1 Å². The van der Waals surface area contributed by atoms with E-state index in [1.54, 1.807) is 22.4 Å². The Labute approximate surface area is 195 Å². The van der Waals surface area contributed by atoms with Crippen LogP contribution in [0, 0.1) is 0 Å². The van der Waals surface area contributed by atoms with Gasteiger partial charge in [-0.25, -0.2) is 0 Å². The van der Waals surface area contributed by atoms with Crippen molar-refractivity contribution in [2.45, 2.75) is 51.1 Å². The maximum atomic E-state index is 12.9. The van der Waals surface area contributed by atoms with Gasteiger partial charge in [0, 0.05) is 24.7 Å². The molecule has 4 heterocycles. The number of benzene rings is 1. The quantitative estimate of drug-likeness (QED) is 0.405. The lowest BCUT2D eigenvalue weighted by Gasteiger charge is -2.29. The molecule has 1 saturated heterocycles. The van der Waals surface area contributed by atoms with Crippen molar-refractivity contribution in [2.75, 3.05) is 6.61 Å². The molecule has 0 aliphatic carbocycles. The van der Waals surface area contributed by atoms with Crippen molar-refractivity contribution in [1.29, 1.82) is 0 Å². The molecule has 7 nitrogen and oxygen atoms in total. The molecule has 1 atom stereocenters. The van der Waals surface area contributed by atoms with Gasteiger partial charge in [-0.05, 0) is 66.8 Å². The number of ether oxygens (including phenoxy) is 1. The molecule has 2 aliphatic heterocycles. The number of carbonyl (C=O) groups is 3. The number of hydrogen-bond donors (Lipinski definition) is 1. The number of nitrogens with zero attached hydrogens (tertiary/aromatic N) is 2. The average Bonchev–Trinajstić information content (AvgIpc) is 3.42. The van der Waals surface area contributed by atoms with Gasteiger partial charge in [-0.3, -0.25) is 24.7 Å². The second kappa shape index (κ2) is 9.31. The van der Waals surface area contributed by atoms with Gasteiger partial charge in [0.25, 0.3) is 5.91 Å². The highest BCUT2D eigenvalue weighted by atomic mass is 32.1. The molecule has 0 saturated carbocycles. The molecule has 1 fully saturated rings. The highest BCUT2D eigenvalue weighted by Gasteiger charge is 2.39. The SMILES string of the molecule is O=C1CCC(N2Cc3c(CCCCCOc4ccnc5ccsc45)cccc3C2=O)C(=O)N1. The van der Waals surface area contributed by atoms with Crippen LogP contribution in [0.3, 0.4) is 0 Å². The van der Waals surface area contributed by atoms with Crippen LogP contribution in [-0.2, 0) is 22.6 Å². The Bertz CT molecular complexity index is 1220. The molecule has 5 rings (SSSR count). The van der Waals surface area contributed by atoms with Gasteiger partial charge in [0.05, 0.1) is 16.8 Å². The maximum absolute atomic E-state index is 12.9. The van der Waals surface area contributed by atoms with Gasteiger partial charge in [0.1, 0.15) is 11.8 Å². The highest BCUT2D eigenvalue weighted by Crippen LogP contribution is 2.31. The third kappa shape index (κ3) is 4.35. The number of rotatable bonds is 8. The van der Waals surface area contributed by atoms with E-state index in [2.05, 4.69) is 16.4 Å². The van der Waals surface area contributed by atoms with E-state index in [0.29, 0.717) is 25.1 Å². The Balaban J connectivity index is 1.14. The highest BCUT2D eigenvalue weighted by molar-refractivity contribution is 7.17. The van der Waals surface area contributed by atoms with Crippen molar-refractivity contribution in [3.05, 3.63) is 58.6 Å². The Hall–Kier alpha value is -3.26. The van der Waals surface area contributed by atoms with Gasteiger partial charge in [-0.1, -0.05) is 12.1 Å². The Morgan fingerprint density at radius 2 is 2.03 bits per heavy atom. The van der Waals surface area contributed by atoms with Crippen LogP contribution in [0.1, 0.15) is 53.6 Å². The molecule has 3 aromatic rings. The molecule has 1 aromatic carbocycles. The van der Waals surface area contributed by atoms with Gasteiger partial charge in [0.15, 0.2) is 0 Å². The topological polar surface area (TPSA) is 88.6 Å². The number of aryl methyl sites for hydroxylation is 1. The van der Waals surface area contributed by atoms with Gasteiger partial charge in [-0.15, -0.1) is 11.3 Å². The second-order valence-electron chi connectivity index (χ2n) is 8.45. The number of fused-ring (bicyclic) bond motifs is 2. The van der Waals surface area contributed by atoms with Crippen LogP contribution in [-0.4, -0.2) is 40.3 Å². The summed E-state index contributed by atoms with van der Waals surface area (Å²) in [5.74, 6) is 0.131. The minimum absolute atomic E-state index is 0.119. The summed E-state index contributed by atoms with van der Waals surface area (Å²) in [5.41, 5.74) is 3.82. The largest absolute Gasteiger partial charge is 0.492 e. The van der Waals surface area contributed by atoms with Crippen LogP contribution in [0.4, 0.5) is 0 Å². The summed E-state index contributed by atoms with van der Waals surface area (Å²) < 4.78 is 7.06. The van der Waals surface area contributed by atoms with Gasteiger partial charge in [-0.2, -0.15) is 0 Å². The molecule has 1 N–H and O–H groups in total. The summed E-state index contributed by atoms with van der Waals surface area (Å²) in [6.45, 7) is 1.09. The minimum atomic E-state index is -0.574. The number of aromatic nitrogens is 1. The fourth-order valence-electron chi connectivity index (χ4n) is 4.62. The predicted octanol–water partition coefficient (Wildman–Crippen LogP) is 3.85. The summed E-state index contributed by atoms with van der Waals surface area (Å²) in [6, 6.07) is 9.16. The summed E-state index contributed by atoms with van der Waals surface area (Å²) in [5, 5.41) is 4.38. The van der Waals surface area contributed by atoms with Crippen LogP contribution in [0.25, 0.3) is 10.2 Å². The molecule has 1 unspecified atom stereocenters. The molecule has 0 spiro atoms. The van der Waals surface area contributed by atoms with Gasteiger partial charge in [0.2, 0.25) is 11.8 Å². The first-order valence-corrected chi connectivity index (χ1v) is 12.2. The van der Waals surface area contributed by atoms with Gasteiger partial charge < -0.3 is 9.64 Å². The third-order valence-electron chi connectivity index (χ3n) is 6.33. The molecular formula is C25H25N3O4S.